The molecule has 0 unspecified atom stereocenters. The summed E-state index contributed by atoms with van der Waals surface area (Å²) < 4.78 is 2.03. The van der Waals surface area contributed by atoms with Crippen LogP contribution in [0.2, 0.25) is 0 Å². The van der Waals surface area contributed by atoms with Crippen molar-refractivity contribution in [3.05, 3.63) is 48.3 Å². The van der Waals surface area contributed by atoms with Crippen molar-refractivity contribution >= 4 is 5.69 Å². The number of anilines is 1. The Labute approximate surface area is 83.0 Å². The SMILES string of the molecule is NCc1cc(-n2cccc2)ccc1N. The zero-order chi connectivity index (χ0) is 9.97. The number of benzene rings is 1. The van der Waals surface area contributed by atoms with E-state index in [-0.39, 0.29) is 0 Å². The Hall–Kier alpha value is -1.74. The average Bonchev–Trinajstić information content (AvgIpc) is 2.71. The van der Waals surface area contributed by atoms with Crippen LogP contribution in [-0.4, -0.2) is 4.57 Å². The van der Waals surface area contributed by atoms with Gasteiger partial charge in [-0.25, -0.2) is 0 Å². The largest absolute Gasteiger partial charge is 0.398 e. The molecular weight excluding hydrogens is 174 g/mol. The molecule has 0 spiro atoms. The van der Waals surface area contributed by atoms with Crippen molar-refractivity contribution in [2.75, 3.05) is 5.73 Å². The number of nitrogens with zero attached hydrogens (tertiary/aromatic N) is 1. The maximum Gasteiger partial charge on any atom is 0.0454 e. The summed E-state index contributed by atoms with van der Waals surface area (Å²) in [5.41, 5.74) is 14.2. The number of hydrogen-bond acceptors (Lipinski definition) is 2. The fraction of sp³-hybridized carbons (Fsp3) is 0.0909. The molecule has 0 fully saturated rings. The Kier molecular flexibility index (Phi) is 2.24. The number of aromatic nitrogens is 1. The highest BCUT2D eigenvalue weighted by Gasteiger charge is 1.99. The Balaban J connectivity index is 2.46. The van der Waals surface area contributed by atoms with Crippen molar-refractivity contribution < 1.29 is 0 Å². The molecule has 2 aromatic rings. The Morgan fingerprint density at radius 3 is 2.50 bits per heavy atom. The first kappa shape index (κ1) is 8.84. The third kappa shape index (κ3) is 1.49. The lowest BCUT2D eigenvalue weighted by molar-refractivity contribution is 1.04. The number of hydrogen-bond donors (Lipinski definition) is 2. The zero-order valence-corrected chi connectivity index (χ0v) is 7.85. The van der Waals surface area contributed by atoms with E-state index in [1.807, 2.05) is 47.3 Å². The van der Waals surface area contributed by atoms with E-state index in [1.165, 1.54) is 0 Å². The van der Waals surface area contributed by atoms with Gasteiger partial charge in [0.05, 0.1) is 0 Å². The molecule has 2 rings (SSSR count). The van der Waals surface area contributed by atoms with Gasteiger partial charge in [0, 0.05) is 30.3 Å². The van der Waals surface area contributed by atoms with Gasteiger partial charge in [0.1, 0.15) is 0 Å². The molecule has 72 valence electrons. The van der Waals surface area contributed by atoms with E-state index in [0.29, 0.717) is 6.54 Å². The van der Waals surface area contributed by atoms with Gasteiger partial charge < -0.3 is 16.0 Å². The van der Waals surface area contributed by atoms with Crippen LogP contribution in [0.4, 0.5) is 5.69 Å². The number of nitrogens with two attached hydrogens (primary N) is 2. The lowest BCUT2D eigenvalue weighted by Gasteiger charge is -2.07. The van der Waals surface area contributed by atoms with E-state index < -0.39 is 0 Å². The minimum Gasteiger partial charge on any atom is -0.398 e. The van der Waals surface area contributed by atoms with Crippen molar-refractivity contribution in [3.8, 4) is 5.69 Å². The molecule has 0 radical (unpaired) electrons. The molecule has 0 atom stereocenters. The standard InChI is InChI=1S/C11H13N3/c12-8-9-7-10(3-4-11(9)13)14-5-1-2-6-14/h1-7H,8,12-13H2. The summed E-state index contributed by atoms with van der Waals surface area (Å²) in [5, 5.41) is 0. The van der Waals surface area contributed by atoms with Gasteiger partial charge >= 0.3 is 0 Å². The molecular formula is C11H13N3. The fourth-order valence-electron chi connectivity index (χ4n) is 1.44. The maximum atomic E-state index is 5.76. The van der Waals surface area contributed by atoms with E-state index in [1.54, 1.807) is 0 Å². The van der Waals surface area contributed by atoms with Crippen molar-refractivity contribution in [3.63, 3.8) is 0 Å². The van der Waals surface area contributed by atoms with Crippen molar-refractivity contribution in [2.45, 2.75) is 6.54 Å². The second-order valence-electron chi connectivity index (χ2n) is 3.18. The predicted octanol–water partition coefficient (Wildman–Crippen LogP) is 1.52. The van der Waals surface area contributed by atoms with Crippen LogP contribution < -0.4 is 11.5 Å². The normalized spacial score (nSPS) is 10.4. The van der Waals surface area contributed by atoms with E-state index in [0.717, 1.165) is 16.9 Å². The van der Waals surface area contributed by atoms with Crippen LogP contribution in [0.1, 0.15) is 5.56 Å². The molecule has 3 heteroatoms. The van der Waals surface area contributed by atoms with Gasteiger partial charge in [-0.3, -0.25) is 0 Å². The Bertz CT molecular complexity index is 418. The summed E-state index contributed by atoms with van der Waals surface area (Å²) >= 11 is 0. The van der Waals surface area contributed by atoms with Gasteiger partial charge in [0.15, 0.2) is 0 Å². The summed E-state index contributed by atoms with van der Waals surface area (Å²) in [6.45, 7) is 0.473. The number of nitrogen functional groups attached to an aromatic ring is 1. The number of rotatable bonds is 2. The molecule has 1 aromatic heterocycles. The zero-order valence-electron chi connectivity index (χ0n) is 7.85. The van der Waals surface area contributed by atoms with Crippen LogP contribution in [0.3, 0.4) is 0 Å². The molecule has 0 saturated heterocycles. The fourth-order valence-corrected chi connectivity index (χ4v) is 1.44. The smallest absolute Gasteiger partial charge is 0.0454 e. The van der Waals surface area contributed by atoms with E-state index in [4.69, 9.17) is 11.5 Å². The second-order valence-corrected chi connectivity index (χ2v) is 3.18. The molecule has 0 aliphatic heterocycles. The van der Waals surface area contributed by atoms with Crippen LogP contribution in [0.15, 0.2) is 42.7 Å². The van der Waals surface area contributed by atoms with Crippen molar-refractivity contribution in [1.82, 2.24) is 4.57 Å². The molecule has 0 aliphatic carbocycles. The van der Waals surface area contributed by atoms with Crippen LogP contribution >= 0.6 is 0 Å². The van der Waals surface area contributed by atoms with Gasteiger partial charge in [0.25, 0.3) is 0 Å². The predicted molar refractivity (Wildman–Crippen MR) is 58.1 cm³/mol. The summed E-state index contributed by atoms with van der Waals surface area (Å²) in [4.78, 5) is 0. The summed E-state index contributed by atoms with van der Waals surface area (Å²) in [7, 11) is 0. The Morgan fingerprint density at radius 1 is 1.14 bits per heavy atom. The first-order chi connectivity index (χ1) is 6.81. The lowest BCUT2D eigenvalue weighted by atomic mass is 10.1. The van der Waals surface area contributed by atoms with Crippen LogP contribution in [0.25, 0.3) is 5.69 Å². The van der Waals surface area contributed by atoms with E-state index in [2.05, 4.69) is 0 Å². The van der Waals surface area contributed by atoms with Crippen LogP contribution in [0, 0.1) is 0 Å². The molecule has 0 saturated carbocycles. The van der Waals surface area contributed by atoms with Gasteiger partial charge in [-0.05, 0) is 35.9 Å². The Morgan fingerprint density at radius 2 is 1.86 bits per heavy atom. The molecule has 4 N–H and O–H groups in total. The lowest BCUT2D eigenvalue weighted by Crippen LogP contribution is -2.03. The first-order valence-electron chi connectivity index (χ1n) is 4.53. The highest BCUT2D eigenvalue weighted by atomic mass is 14.9. The van der Waals surface area contributed by atoms with E-state index >= 15 is 0 Å². The van der Waals surface area contributed by atoms with Crippen LogP contribution in [0.5, 0.6) is 0 Å². The monoisotopic (exact) mass is 187 g/mol. The highest BCUT2D eigenvalue weighted by molar-refractivity contribution is 5.52. The average molecular weight is 187 g/mol. The molecule has 14 heavy (non-hydrogen) atoms. The highest BCUT2D eigenvalue weighted by Crippen LogP contribution is 2.16. The van der Waals surface area contributed by atoms with Gasteiger partial charge in [-0.1, -0.05) is 0 Å². The van der Waals surface area contributed by atoms with Gasteiger partial charge in [0.2, 0.25) is 0 Å². The van der Waals surface area contributed by atoms with Crippen molar-refractivity contribution in [2.24, 2.45) is 5.73 Å². The van der Waals surface area contributed by atoms with Gasteiger partial charge in [-0.15, -0.1) is 0 Å². The first-order valence-corrected chi connectivity index (χ1v) is 4.53. The quantitative estimate of drug-likeness (QED) is 0.700. The molecule has 0 amide bonds. The molecule has 0 bridgehead atoms. The van der Waals surface area contributed by atoms with Crippen molar-refractivity contribution in [1.29, 1.82) is 0 Å². The molecule has 0 aliphatic rings. The minimum atomic E-state index is 0.473. The maximum absolute atomic E-state index is 5.76. The topological polar surface area (TPSA) is 57.0 Å². The minimum absolute atomic E-state index is 0.473. The molecule has 3 nitrogen and oxygen atoms in total. The van der Waals surface area contributed by atoms with Gasteiger partial charge in [-0.2, -0.15) is 0 Å². The van der Waals surface area contributed by atoms with Crippen LogP contribution in [-0.2, 0) is 6.54 Å². The third-order valence-electron chi connectivity index (χ3n) is 2.25. The third-order valence-corrected chi connectivity index (χ3v) is 2.25. The molecule has 1 heterocycles. The summed E-state index contributed by atoms with van der Waals surface area (Å²) in [6.07, 6.45) is 3.98. The second kappa shape index (κ2) is 3.55. The van der Waals surface area contributed by atoms with E-state index in [9.17, 15) is 0 Å². The molecule has 1 aromatic carbocycles. The summed E-state index contributed by atoms with van der Waals surface area (Å²) in [6, 6.07) is 9.85. The summed E-state index contributed by atoms with van der Waals surface area (Å²) in [5.74, 6) is 0.